The van der Waals surface area contributed by atoms with E-state index in [4.69, 9.17) is 11.6 Å². The summed E-state index contributed by atoms with van der Waals surface area (Å²) < 4.78 is 1.41. The molecule has 0 amide bonds. The second-order valence-electron chi connectivity index (χ2n) is 6.72. The maximum atomic E-state index is 10.8. The van der Waals surface area contributed by atoms with Gasteiger partial charge in [-0.1, -0.05) is 0 Å². The fraction of sp³-hybridized carbons (Fsp3) is 0.500. The monoisotopic (exact) mass is 380 g/mol. The summed E-state index contributed by atoms with van der Waals surface area (Å²) in [5.74, 6) is -0.323. The molecular weight excluding hydrogens is 360 g/mol. The summed E-state index contributed by atoms with van der Waals surface area (Å²) in [6, 6.07) is 3.95. The smallest absolute Gasteiger partial charge is 0.383 e. The molecule has 1 N–H and O–H groups in total. The molecule has 10 heteroatoms. The highest BCUT2D eigenvalue weighted by atomic mass is 35.5. The van der Waals surface area contributed by atoms with E-state index in [9.17, 15) is 15.2 Å². The minimum absolute atomic E-state index is 0.00151. The van der Waals surface area contributed by atoms with E-state index in [1.165, 1.54) is 10.8 Å². The maximum Gasteiger partial charge on any atom is 0.383 e. The van der Waals surface area contributed by atoms with Gasteiger partial charge in [0, 0.05) is 38.9 Å². The van der Waals surface area contributed by atoms with Crippen LogP contribution in [0, 0.1) is 10.1 Å². The number of piperazine rings is 1. The van der Waals surface area contributed by atoms with Crippen molar-refractivity contribution in [3.8, 4) is 0 Å². The second kappa shape index (κ2) is 7.56. The number of β-amino-alcohol motifs (C(OH)–C–C–N with tert-alkyl or cyclic N) is 1. The molecule has 0 radical (unpaired) electrons. The van der Waals surface area contributed by atoms with Crippen molar-refractivity contribution in [1.29, 1.82) is 0 Å². The zero-order chi connectivity index (χ0) is 18.7. The van der Waals surface area contributed by atoms with E-state index in [2.05, 4.69) is 19.8 Å². The van der Waals surface area contributed by atoms with Crippen LogP contribution in [0.1, 0.15) is 6.92 Å². The first-order valence-electron chi connectivity index (χ1n) is 8.31. The number of halogens is 1. The van der Waals surface area contributed by atoms with E-state index >= 15 is 0 Å². The molecule has 1 fully saturated rings. The third-order valence-electron chi connectivity index (χ3n) is 4.36. The molecule has 0 unspecified atom stereocenters. The van der Waals surface area contributed by atoms with E-state index < -0.39 is 10.5 Å². The van der Waals surface area contributed by atoms with Gasteiger partial charge in [0.2, 0.25) is 0 Å². The lowest BCUT2D eigenvalue weighted by Crippen LogP contribution is -2.52. The van der Waals surface area contributed by atoms with Crippen molar-refractivity contribution in [3.05, 3.63) is 46.1 Å². The Kier molecular flexibility index (Phi) is 5.40. The summed E-state index contributed by atoms with van der Waals surface area (Å²) in [5, 5.41) is 21.5. The third kappa shape index (κ3) is 4.48. The van der Waals surface area contributed by atoms with E-state index in [0.717, 1.165) is 31.9 Å². The predicted octanol–water partition coefficient (Wildman–Crippen LogP) is 1.41. The van der Waals surface area contributed by atoms with Crippen LogP contribution in [0.25, 0.3) is 0 Å². The molecule has 3 rings (SSSR count). The van der Waals surface area contributed by atoms with Crippen LogP contribution >= 0.6 is 11.6 Å². The van der Waals surface area contributed by atoms with Crippen molar-refractivity contribution in [1.82, 2.24) is 19.4 Å². The number of hydrogen-bond acceptors (Lipinski definition) is 7. The summed E-state index contributed by atoms with van der Waals surface area (Å²) >= 11 is 5.93. The molecule has 9 nitrogen and oxygen atoms in total. The molecule has 1 aliphatic heterocycles. The van der Waals surface area contributed by atoms with Crippen LogP contribution < -0.4 is 4.90 Å². The summed E-state index contributed by atoms with van der Waals surface area (Å²) in [6.07, 6.45) is 4.85. The van der Waals surface area contributed by atoms with Crippen molar-refractivity contribution in [2.45, 2.75) is 19.1 Å². The van der Waals surface area contributed by atoms with Crippen LogP contribution in [0.2, 0.25) is 5.28 Å². The Morgan fingerprint density at radius 3 is 2.65 bits per heavy atom. The molecule has 2 aromatic rings. The van der Waals surface area contributed by atoms with Crippen LogP contribution in [-0.2, 0) is 6.54 Å². The van der Waals surface area contributed by atoms with Crippen LogP contribution in [0.4, 0.5) is 11.5 Å². The standard InChI is InChI=1S/C16H21ClN6O3/c1-16(24,12-22-10-14(23(25)26)19-15(22)17)11-20-5-7-21(8-6-20)13-3-2-4-18-9-13/h2-4,9-10,24H,5-8,11-12H2,1H3/t16-/m0/s1. The van der Waals surface area contributed by atoms with Gasteiger partial charge in [0.05, 0.1) is 24.0 Å². The molecule has 140 valence electrons. The van der Waals surface area contributed by atoms with Crippen molar-refractivity contribution >= 4 is 23.1 Å². The number of rotatable bonds is 6. The van der Waals surface area contributed by atoms with Gasteiger partial charge in [0.15, 0.2) is 0 Å². The largest absolute Gasteiger partial charge is 0.387 e. The van der Waals surface area contributed by atoms with Gasteiger partial charge in [-0.25, -0.2) is 0 Å². The molecule has 3 heterocycles. The minimum Gasteiger partial charge on any atom is -0.387 e. The second-order valence-corrected chi connectivity index (χ2v) is 7.06. The zero-order valence-corrected chi connectivity index (χ0v) is 15.2. The Bertz CT molecular complexity index is 759. The summed E-state index contributed by atoms with van der Waals surface area (Å²) in [6.45, 7) is 5.58. The van der Waals surface area contributed by atoms with Crippen LogP contribution in [-0.4, -0.2) is 67.8 Å². The normalized spacial score (nSPS) is 17.9. The highest BCUT2D eigenvalue weighted by Gasteiger charge is 2.29. The average Bonchev–Trinajstić information content (AvgIpc) is 2.96. The molecule has 0 aromatic carbocycles. The third-order valence-corrected chi connectivity index (χ3v) is 4.66. The fourth-order valence-corrected chi connectivity index (χ4v) is 3.38. The molecule has 0 saturated carbocycles. The Morgan fingerprint density at radius 2 is 2.08 bits per heavy atom. The van der Waals surface area contributed by atoms with E-state index in [1.807, 2.05) is 18.3 Å². The van der Waals surface area contributed by atoms with Gasteiger partial charge in [-0.3, -0.25) is 14.5 Å². The highest BCUT2D eigenvalue weighted by molar-refractivity contribution is 6.28. The van der Waals surface area contributed by atoms with Gasteiger partial charge in [0.1, 0.15) is 6.20 Å². The van der Waals surface area contributed by atoms with Gasteiger partial charge in [0.25, 0.3) is 0 Å². The molecule has 0 spiro atoms. The molecule has 1 atom stereocenters. The predicted molar refractivity (Wildman–Crippen MR) is 97.4 cm³/mol. The van der Waals surface area contributed by atoms with Crippen molar-refractivity contribution in [2.75, 3.05) is 37.6 Å². The Morgan fingerprint density at radius 1 is 1.35 bits per heavy atom. The van der Waals surface area contributed by atoms with Gasteiger partial charge in [-0.15, -0.1) is 0 Å². The van der Waals surface area contributed by atoms with Crippen LogP contribution in [0.3, 0.4) is 0 Å². The topological polar surface area (TPSA) is 101 Å². The lowest BCUT2D eigenvalue weighted by Gasteiger charge is -2.39. The van der Waals surface area contributed by atoms with Crippen molar-refractivity contribution < 1.29 is 10.0 Å². The molecule has 0 aliphatic carbocycles. The first-order chi connectivity index (χ1) is 12.3. The summed E-state index contributed by atoms with van der Waals surface area (Å²) in [4.78, 5) is 22.4. The fourth-order valence-electron chi connectivity index (χ4n) is 3.18. The number of nitrogens with zero attached hydrogens (tertiary/aromatic N) is 6. The zero-order valence-electron chi connectivity index (χ0n) is 14.5. The van der Waals surface area contributed by atoms with Gasteiger partial charge in [-0.2, -0.15) is 0 Å². The molecule has 2 aromatic heterocycles. The number of aliphatic hydroxyl groups is 1. The first kappa shape index (κ1) is 18.6. The maximum absolute atomic E-state index is 10.8. The molecule has 1 saturated heterocycles. The number of pyridine rings is 1. The van der Waals surface area contributed by atoms with E-state index in [-0.39, 0.29) is 17.6 Å². The Labute approximate surface area is 156 Å². The minimum atomic E-state index is -1.09. The lowest BCUT2D eigenvalue weighted by atomic mass is 10.1. The molecule has 26 heavy (non-hydrogen) atoms. The molecule has 0 bridgehead atoms. The van der Waals surface area contributed by atoms with Crippen molar-refractivity contribution in [3.63, 3.8) is 0 Å². The van der Waals surface area contributed by atoms with Crippen LogP contribution in [0.15, 0.2) is 30.7 Å². The number of aromatic nitrogens is 3. The Hall–Kier alpha value is -2.23. The number of hydrogen-bond donors (Lipinski definition) is 1. The van der Waals surface area contributed by atoms with Gasteiger partial charge < -0.3 is 20.1 Å². The number of nitro groups is 1. The lowest BCUT2D eigenvalue weighted by molar-refractivity contribution is -0.389. The summed E-state index contributed by atoms with van der Waals surface area (Å²) in [5.41, 5.74) is 0.00529. The quantitative estimate of drug-likeness (QED) is 0.597. The van der Waals surface area contributed by atoms with Gasteiger partial charge >= 0.3 is 11.1 Å². The molecular formula is C16H21ClN6O3. The van der Waals surface area contributed by atoms with E-state index in [0.29, 0.717) is 6.54 Å². The average molecular weight is 381 g/mol. The molecule has 1 aliphatic rings. The number of imidazole rings is 1. The SMILES string of the molecule is C[C@](O)(CN1CCN(c2cccnc2)CC1)Cn1cc([N+](=O)[O-])nc1Cl. The summed E-state index contributed by atoms with van der Waals surface area (Å²) in [7, 11) is 0. The highest BCUT2D eigenvalue weighted by Crippen LogP contribution is 2.21. The Balaban J connectivity index is 1.56. The van der Waals surface area contributed by atoms with Crippen LogP contribution in [0.5, 0.6) is 0 Å². The van der Waals surface area contributed by atoms with Gasteiger partial charge in [-0.05, 0) is 40.6 Å². The van der Waals surface area contributed by atoms with E-state index in [1.54, 1.807) is 13.1 Å². The number of anilines is 1. The first-order valence-corrected chi connectivity index (χ1v) is 8.69. The van der Waals surface area contributed by atoms with Crippen molar-refractivity contribution in [2.24, 2.45) is 0 Å².